The third-order valence-corrected chi connectivity index (χ3v) is 2.65. The predicted molar refractivity (Wildman–Crippen MR) is 61.7 cm³/mol. The summed E-state index contributed by atoms with van der Waals surface area (Å²) in [5, 5.41) is 1.35. The molecule has 1 nitrogen and oxygen atoms in total. The zero-order valence-electron chi connectivity index (χ0n) is 9.31. The number of hydrogen-bond donors (Lipinski definition) is 1. The van der Waals surface area contributed by atoms with Crippen LogP contribution >= 0.6 is 0 Å². The second kappa shape index (κ2) is 2.88. The standard InChI is InChI=1S/C13H17N/c1-9-5-6-10-11(13(2,3)4)8-14-12(10)7-9/h5-8,14H,1-4H3. The molecule has 0 saturated heterocycles. The molecule has 0 radical (unpaired) electrons. The molecule has 1 heteroatoms. The van der Waals surface area contributed by atoms with Crippen molar-refractivity contribution in [1.29, 1.82) is 0 Å². The number of fused-ring (bicyclic) bond motifs is 1. The maximum atomic E-state index is 3.34. The van der Waals surface area contributed by atoms with Gasteiger partial charge in [-0.1, -0.05) is 32.9 Å². The number of rotatable bonds is 0. The number of hydrogen-bond acceptors (Lipinski definition) is 0. The molecule has 14 heavy (non-hydrogen) atoms. The molecule has 1 heterocycles. The molecule has 2 aromatic rings. The average molecular weight is 187 g/mol. The van der Waals surface area contributed by atoms with Gasteiger partial charge in [0.15, 0.2) is 0 Å². The fourth-order valence-electron chi connectivity index (χ4n) is 1.86. The van der Waals surface area contributed by atoms with E-state index in [0.29, 0.717) is 0 Å². The van der Waals surface area contributed by atoms with Crippen LogP contribution in [0.2, 0.25) is 0 Å². The minimum atomic E-state index is 0.216. The molecule has 0 unspecified atom stereocenters. The van der Waals surface area contributed by atoms with E-state index in [9.17, 15) is 0 Å². The molecule has 0 aliphatic rings. The SMILES string of the molecule is Cc1ccc2c(C(C)(C)C)c[nH]c2c1. The number of benzene rings is 1. The third kappa shape index (κ3) is 1.43. The topological polar surface area (TPSA) is 15.8 Å². The van der Waals surface area contributed by atoms with E-state index in [4.69, 9.17) is 0 Å². The largest absolute Gasteiger partial charge is 0.361 e. The summed E-state index contributed by atoms with van der Waals surface area (Å²) in [7, 11) is 0. The van der Waals surface area contributed by atoms with Crippen molar-refractivity contribution in [2.75, 3.05) is 0 Å². The van der Waals surface area contributed by atoms with E-state index in [2.05, 4.69) is 57.1 Å². The molecule has 1 aromatic heterocycles. The van der Waals surface area contributed by atoms with Gasteiger partial charge in [0.2, 0.25) is 0 Å². The Morgan fingerprint density at radius 1 is 1.14 bits per heavy atom. The highest BCUT2D eigenvalue weighted by Crippen LogP contribution is 2.29. The Hall–Kier alpha value is -1.24. The minimum Gasteiger partial charge on any atom is -0.361 e. The molecule has 74 valence electrons. The quantitative estimate of drug-likeness (QED) is 0.646. The molecule has 1 N–H and O–H groups in total. The number of H-pyrrole nitrogens is 1. The summed E-state index contributed by atoms with van der Waals surface area (Å²) in [6, 6.07) is 6.58. The molecule has 0 aliphatic heterocycles. The van der Waals surface area contributed by atoms with Crippen molar-refractivity contribution in [3.8, 4) is 0 Å². The molecular formula is C13H17N. The zero-order valence-corrected chi connectivity index (χ0v) is 9.31. The second-order valence-corrected chi connectivity index (χ2v) is 5.00. The molecule has 1 aromatic carbocycles. The summed E-state index contributed by atoms with van der Waals surface area (Å²) in [4.78, 5) is 3.34. The van der Waals surface area contributed by atoms with Crippen molar-refractivity contribution in [3.05, 3.63) is 35.5 Å². The molecule has 0 aliphatic carbocycles. The van der Waals surface area contributed by atoms with Crippen LogP contribution in [0.3, 0.4) is 0 Å². The normalized spacial score (nSPS) is 12.3. The summed E-state index contributed by atoms with van der Waals surface area (Å²) >= 11 is 0. The van der Waals surface area contributed by atoms with Gasteiger partial charge < -0.3 is 4.98 Å². The number of aryl methyl sites for hydroxylation is 1. The van der Waals surface area contributed by atoms with Crippen LogP contribution in [-0.4, -0.2) is 4.98 Å². The van der Waals surface area contributed by atoms with E-state index < -0.39 is 0 Å². The van der Waals surface area contributed by atoms with Crippen molar-refractivity contribution >= 4 is 10.9 Å². The fraction of sp³-hybridized carbons (Fsp3) is 0.385. The van der Waals surface area contributed by atoms with Gasteiger partial charge in [-0.15, -0.1) is 0 Å². The van der Waals surface area contributed by atoms with Gasteiger partial charge in [-0.2, -0.15) is 0 Å². The van der Waals surface area contributed by atoms with Gasteiger partial charge in [0.1, 0.15) is 0 Å². The average Bonchev–Trinajstić information content (AvgIpc) is 2.45. The summed E-state index contributed by atoms with van der Waals surface area (Å²) in [5.74, 6) is 0. The van der Waals surface area contributed by atoms with E-state index in [0.717, 1.165) is 0 Å². The Balaban J connectivity index is 2.70. The zero-order chi connectivity index (χ0) is 10.3. The summed E-state index contributed by atoms with van der Waals surface area (Å²) in [6.07, 6.45) is 2.13. The number of nitrogens with one attached hydrogen (secondary N) is 1. The van der Waals surface area contributed by atoms with Gasteiger partial charge in [0.25, 0.3) is 0 Å². The van der Waals surface area contributed by atoms with Crippen LogP contribution < -0.4 is 0 Å². The number of aromatic amines is 1. The van der Waals surface area contributed by atoms with Crippen molar-refractivity contribution in [3.63, 3.8) is 0 Å². The molecule has 2 rings (SSSR count). The fourth-order valence-corrected chi connectivity index (χ4v) is 1.86. The Morgan fingerprint density at radius 2 is 1.86 bits per heavy atom. The Labute approximate surface area is 85.1 Å². The lowest BCUT2D eigenvalue weighted by molar-refractivity contribution is 0.596. The van der Waals surface area contributed by atoms with Crippen LogP contribution in [0.5, 0.6) is 0 Å². The van der Waals surface area contributed by atoms with Crippen LogP contribution in [0.4, 0.5) is 0 Å². The Morgan fingerprint density at radius 3 is 2.50 bits per heavy atom. The monoisotopic (exact) mass is 187 g/mol. The first kappa shape index (κ1) is 9.32. The van der Waals surface area contributed by atoms with Crippen molar-refractivity contribution < 1.29 is 0 Å². The summed E-state index contributed by atoms with van der Waals surface area (Å²) in [6.45, 7) is 8.86. The lowest BCUT2D eigenvalue weighted by atomic mass is 9.87. The highest BCUT2D eigenvalue weighted by atomic mass is 14.7. The van der Waals surface area contributed by atoms with Gasteiger partial charge in [-0.25, -0.2) is 0 Å². The van der Waals surface area contributed by atoms with Crippen LogP contribution in [-0.2, 0) is 5.41 Å². The maximum Gasteiger partial charge on any atom is 0.0459 e. The van der Waals surface area contributed by atoms with Gasteiger partial charge >= 0.3 is 0 Å². The highest BCUT2D eigenvalue weighted by molar-refractivity contribution is 5.84. The van der Waals surface area contributed by atoms with Gasteiger partial charge in [0.05, 0.1) is 0 Å². The van der Waals surface area contributed by atoms with Crippen LogP contribution in [0.25, 0.3) is 10.9 Å². The molecule has 0 saturated carbocycles. The van der Waals surface area contributed by atoms with Crippen LogP contribution in [0, 0.1) is 6.92 Å². The summed E-state index contributed by atoms with van der Waals surface area (Å²) in [5.41, 5.74) is 4.16. The molecule has 0 atom stereocenters. The van der Waals surface area contributed by atoms with Gasteiger partial charge in [-0.05, 0) is 29.5 Å². The van der Waals surface area contributed by atoms with E-state index in [1.165, 1.54) is 22.0 Å². The molecular weight excluding hydrogens is 170 g/mol. The van der Waals surface area contributed by atoms with Gasteiger partial charge in [0, 0.05) is 17.1 Å². The van der Waals surface area contributed by atoms with Crippen LogP contribution in [0.1, 0.15) is 31.9 Å². The minimum absolute atomic E-state index is 0.216. The van der Waals surface area contributed by atoms with E-state index >= 15 is 0 Å². The third-order valence-electron chi connectivity index (χ3n) is 2.65. The van der Waals surface area contributed by atoms with Crippen molar-refractivity contribution in [2.45, 2.75) is 33.1 Å². The first-order valence-corrected chi connectivity index (χ1v) is 5.07. The van der Waals surface area contributed by atoms with E-state index in [1.807, 2.05) is 0 Å². The maximum absolute atomic E-state index is 3.34. The van der Waals surface area contributed by atoms with Crippen LogP contribution in [0.15, 0.2) is 24.4 Å². The Bertz CT molecular complexity index is 458. The molecule has 0 bridgehead atoms. The highest BCUT2D eigenvalue weighted by Gasteiger charge is 2.17. The smallest absolute Gasteiger partial charge is 0.0459 e. The molecule has 0 spiro atoms. The van der Waals surface area contributed by atoms with Crippen molar-refractivity contribution in [2.24, 2.45) is 0 Å². The predicted octanol–water partition coefficient (Wildman–Crippen LogP) is 3.77. The molecule has 0 amide bonds. The first-order chi connectivity index (χ1) is 6.48. The lowest BCUT2D eigenvalue weighted by Gasteiger charge is -2.17. The lowest BCUT2D eigenvalue weighted by Crippen LogP contribution is -2.09. The Kier molecular flexibility index (Phi) is 1.91. The number of aromatic nitrogens is 1. The summed E-state index contributed by atoms with van der Waals surface area (Å²) < 4.78 is 0. The van der Waals surface area contributed by atoms with E-state index in [1.54, 1.807) is 0 Å². The second-order valence-electron chi connectivity index (χ2n) is 5.00. The first-order valence-electron chi connectivity index (χ1n) is 5.07. The van der Waals surface area contributed by atoms with Crippen molar-refractivity contribution in [1.82, 2.24) is 4.98 Å². The van der Waals surface area contributed by atoms with E-state index in [-0.39, 0.29) is 5.41 Å². The molecule has 0 fully saturated rings. The van der Waals surface area contributed by atoms with Gasteiger partial charge in [-0.3, -0.25) is 0 Å².